The average Bonchev–Trinajstić information content (AvgIpc) is 1.87. The molecule has 2 heteroatoms. The molecule has 0 radical (unpaired) electrons. The molecule has 2 nitrogen and oxygen atoms in total. The predicted molar refractivity (Wildman–Crippen MR) is 35.6 cm³/mol. The van der Waals surface area contributed by atoms with Gasteiger partial charge in [-0.15, -0.1) is 6.58 Å². The van der Waals surface area contributed by atoms with Crippen LogP contribution in [0.25, 0.3) is 0 Å². The zero-order chi connectivity index (χ0) is 7.28. The van der Waals surface area contributed by atoms with E-state index in [2.05, 4.69) is 13.2 Å². The Kier molecular flexibility index (Phi) is 3.41. The summed E-state index contributed by atoms with van der Waals surface area (Å²) in [5, 5.41) is 17.1. The maximum Gasteiger partial charge on any atom is 0.0968 e. The van der Waals surface area contributed by atoms with Crippen molar-refractivity contribution in [3.05, 3.63) is 24.8 Å². The third-order valence-electron chi connectivity index (χ3n) is 0.936. The Balaban J connectivity index is 3.75. The molecular weight excluding hydrogens is 114 g/mol. The molecule has 1 atom stereocenters. The van der Waals surface area contributed by atoms with Crippen LogP contribution in [0.2, 0.25) is 0 Å². The van der Waals surface area contributed by atoms with Gasteiger partial charge in [0.15, 0.2) is 0 Å². The van der Waals surface area contributed by atoms with E-state index in [1.165, 1.54) is 0 Å². The maximum atomic E-state index is 8.92. The number of aliphatic hydroxyl groups excluding tert-OH is 1. The molecule has 0 spiro atoms. The number of hydrogen-bond donors (Lipinski definition) is 1. The third kappa shape index (κ3) is 2.68. The molecule has 0 aliphatic heterocycles. The van der Waals surface area contributed by atoms with E-state index >= 15 is 0 Å². The fourth-order valence-electron chi connectivity index (χ4n) is 0.375. The van der Waals surface area contributed by atoms with Crippen LogP contribution in [-0.2, 0) is 0 Å². The molecule has 0 bridgehead atoms. The Bertz CT molecular complexity index is 155. The van der Waals surface area contributed by atoms with Gasteiger partial charge in [0.05, 0.1) is 17.7 Å². The minimum atomic E-state index is -0.743. The predicted octanol–water partition coefficient (Wildman–Crippen LogP) is 1.00. The lowest BCUT2D eigenvalue weighted by Crippen LogP contribution is -2.05. The molecule has 0 saturated carbocycles. The van der Waals surface area contributed by atoms with E-state index in [0.29, 0.717) is 6.42 Å². The fraction of sp³-hybridized carbons (Fsp3) is 0.286. The standard InChI is InChI=1S/C7H9NO/c1-3-4-7(9)6(2)5-8/h3,7,9H,1-2,4H2. The summed E-state index contributed by atoms with van der Waals surface area (Å²) in [7, 11) is 0. The molecule has 9 heavy (non-hydrogen) atoms. The van der Waals surface area contributed by atoms with Gasteiger partial charge in [-0.1, -0.05) is 12.7 Å². The first-order chi connectivity index (χ1) is 4.22. The molecular formula is C7H9NO. The first kappa shape index (κ1) is 7.93. The molecule has 0 aromatic heterocycles. The molecule has 0 rings (SSSR count). The molecule has 0 heterocycles. The number of rotatable bonds is 3. The second-order valence-corrected chi connectivity index (χ2v) is 1.68. The van der Waals surface area contributed by atoms with Gasteiger partial charge in [0.1, 0.15) is 0 Å². The van der Waals surface area contributed by atoms with Crippen molar-refractivity contribution in [3.63, 3.8) is 0 Å². The van der Waals surface area contributed by atoms with Crippen LogP contribution in [0.3, 0.4) is 0 Å². The van der Waals surface area contributed by atoms with Gasteiger partial charge >= 0.3 is 0 Å². The normalized spacial score (nSPS) is 11.6. The van der Waals surface area contributed by atoms with E-state index in [9.17, 15) is 0 Å². The van der Waals surface area contributed by atoms with Crippen LogP contribution >= 0.6 is 0 Å². The summed E-state index contributed by atoms with van der Waals surface area (Å²) < 4.78 is 0. The summed E-state index contributed by atoms with van der Waals surface area (Å²) in [6.45, 7) is 6.74. The van der Waals surface area contributed by atoms with E-state index in [-0.39, 0.29) is 5.57 Å². The van der Waals surface area contributed by atoms with E-state index in [4.69, 9.17) is 10.4 Å². The lowest BCUT2D eigenvalue weighted by molar-refractivity contribution is 0.219. The van der Waals surface area contributed by atoms with Crippen LogP contribution in [0.15, 0.2) is 24.8 Å². The Hall–Kier alpha value is -1.07. The molecule has 0 saturated heterocycles. The van der Waals surface area contributed by atoms with Crippen LogP contribution in [0.4, 0.5) is 0 Å². The smallest absolute Gasteiger partial charge is 0.0968 e. The fourth-order valence-corrected chi connectivity index (χ4v) is 0.375. The first-order valence-electron chi connectivity index (χ1n) is 2.60. The van der Waals surface area contributed by atoms with Crippen molar-refractivity contribution in [1.82, 2.24) is 0 Å². The van der Waals surface area contributed by atoms with Crippen molar-refractivity contribution < 1.29 is 5.11 Å². The Morgan fingerprint density at radius 1 is 1.89 bits per heavy atom. The molecule has 1 unspecified atom stereocenters. The van der Waals surface area contributed by atoms with Gasteiger partial charge in [-0.2, -0.15) is 5.26 Å². The van der Waals surface area contributed by atoms with Crippen molar-refractivity contribution in [2.75, 3.05) is 0 Å². The second-order valence-electron chi connectivity index (χ2n) is 1.68. The van der Waals surface area contributed by atoms with Crippen LogP contribution in [-0.4, -0.2) is 11.2 Å². The Morgan fingerprint density at radius 3 is 2.78 bits per heavy atom. The molecule has 0 amide bonds. The van der Waals surface area contributed by atoms with E-state index < -0.39 is 6.10 Å². The Labute approximate surface area is 54.7 Å². The number of aliphatic hydroxyl groups is 1. The minimum absolute atomic E-state index is 0.190. The highest BCUT2D eigenvalue weighted by atomic mass is 16.3. The van der Waals surface area contributed by atoms with Gasteiger partial charge in [0.2, 0.25) is 0 Å². The highest BCUT2D eigenvalue weighted by molar-refractivity contribution is 5.21. The molecule has 0 aromatic carbocycles. The van der Waals surface area contributed by atoms with Gasteiger partial charge in [0.25, 0.3) is 0 Å². The summed E-state index contributed by atoms with van der Waals surface area (Å²) in [6.07, 6.45) is 1.20. The molecule has 1 N–H and O–H groups in total. The lowest BCUT2D eigenvalue weighted by Gasteiger charge is -2.01. The lowest BCUT2D eigenvalue weighted by atomic mass is 10.1. The van der Waals surface area contributed by atoms with Crippen LogP contribution < -0.4 is 0 Å². The highest BCUT2D eigenvalue weighted by Gasteiger charge is 2.03. The zero-order valence-corrected chi connectivity index (χ0v) is 5.17. The van der Waals surface area contributed by atoms with E-state index in [0.717, 1.165) is 0 Å². The van der Waals surface area contributed by atoms with E-state index in [1.54, 1.807) is 12.1 Å². The quantitative estimate of drug-likeness (QED) is 0.449. The highest BCUT2D eigenvalue weighted by Crippen LogP contribution is 2.01. The molecule has 0 aliphatic carbocycles. The van der Waals surface area contributed by atoms with Gasteiger partial charge in [-0.25, -0.2) is 0 Å². The number of nitrogens with zero attached hydrogens (tertiary/aromatic N) is 1. The maximum absolute atomic E-state index is 8.92. The van der Waals surface area contributed by atoms with Crippen molar-refractivity contribution >= 4 is 0 Å². The molecule has 48 valence electrons. The molecule has 0 aromatic rings. The first-order valence-corrected chi connectivity index (χ1v) is 2.60. The van der Waals surface area contributed by atoms with Gasteiger partial charge in [0, 0.05) is 0 Å². The van der Waals surface area contributed by atoms with Gasteiger partial charge in [-0.3, -0.25) is 0 Å². The van der Waals surface area contributed by atoms with Crippen molar-refractivity contribution in [2.45, 2.75) is 12.5 Å². The van der Waals surface area contributed by atoms with Gasteiger partial charge in [-0.05, 0) is 6.42 Å². The van der Waals surface area contributed by atoms with Crippen LogP contribution in [0.1, 0.15) is 6.42 Å². The van der Waals surface area contributed by atoms with Crippen molar-refractivity contribution in [1.29, 1.82) is 5.26 Å². The third-order valence-corrected chi connectivity index (χ3v) is 0.936. The van der Waals surface area contributed by atoms with Crippen LogP contribution in [0.5, 0.6) is 0 Å². The summed E-state index contributed by atoms with van der Waals surface area (Å²) in [5.74, 6) is 0. The average molecular weight is 123 g/mol. The monoisotopic (exact) mass is 123 g/mol. The van der Waals surface area contributed by atoms with E-state index in [1.807, 2.05) is 0 Å². The molecule has 0 aliphatic rings. The minimum Gasteiger partial charge on any atom is -0.387 e. The SMILES string of the molecule is C=CCC(O)C(=C)C#N. The molecule has 0 fully saturated rings. The van der Waals surface area contributed by atoms with Crippen LogP contribution in [0, 0.1) is 11.3 Å². The largest absolute Gasteiger partial charge is 0.387 e. The van der Waals surface area contributed by atoms with Crippen molar-refractivity contribution in [3.8, 4) is 6.07 Å². The Morgan fingerprint density at radius 2 is 2.44 bits per heavy atom. The van der Waals surface area contributed by atoms with Crippen molar-refractivity contribution in [2.24, 2.45) is 0 Å². The summed E-state index contributed by atoms with van der Waals surface area (Å²) in [5.41, 5.74) is 0.190. The zero-order valence-electron chi connectivity index (χ0n) is 5.17. The summed E-state index contributed by atoms with van der Waals surface area (Å²) in [6, 6.07) is 1.76. The number of nitriles is 1. The number of hydrogen-bond acceptors (Lipinski definition) is 2. The topological polar surface area (TPSA) is 44.0 Å². The summed E-state index contributed by atoms with van der Waals surface area (Å²) >= 11 is 0. The van der Waals surface area contributed by atoms with Gasteiger partial charge < -0.3 is 5.11 Å². The summed E-state index contributed by atoms with van der Waals surface area (Å²) in [4.78, 5) is 0. The second kappa shape index (κ2) is 3.88.